The van der Waals surface area contributed by atoms with Crippen LogP contribution >= 0.6 is 0 Å². The van der Waals surface area contributed by atoms with Gasteiger partial charge in [-0.05, 0) is 94.1 Å². The van der Waals surface area contributed by atoms with Crippen LogP contribution in [0.3, 0.4) is 0 Å². The van der Waals surface area contributed by atoms with Crippen LogP contribution in [0.25, 0.3) is 0 Å². The van der Waals surface area contributed by atoms with Crippen molar-refractivity contribution in [2.75, 3.05) is 6.61 Å². The average Bonchev–Trinajstić information content (AvgIpc) is 2.96. The molecule has 5 rings (SSSR count). The highest BCUT2D eigenvalue weighted by atomic mass is 16.7. The molecule has 4 fully saturated rings. The number of ether oxygens (including phenoxy) is 3. The van der Waals surface area contributed by atoms with Gasteiger partial charge >= 0.3 is 5.97 Å². The van der Waals surface area contributed by atoms with Crippen LogP contribution in [0.15, 0.2) is 36.0 Å². The molecule has 4 nitrogen and oxygen atoms in total. The second-order valence-corrected chi connectivity index (χ2v) is 11.4. The van der Waals surface area contributed by atoms with Crippen LogP contribution in [0.2, 0.25) is 0 Å². The van der Waals surface area contributed by atoms with Gasteiger partial charge in [-0.15, -0.1) is 0 Å². The number of allylic oxidation sites excluding steroid dienone is 2. The minimum absolute atomic E-state index is 0.0273. The van der Waals surface area contributed by atoms with Crippen LogP contribution in [0.5, 0.6) is 0 Å². The molecule has 0 radical (unpaired) electrons. The molecule has 4 aliphatic carbocycles. The Kier molecular flexibility index (Phi) is 4.88. The molecule has 0 N–H and O–H groups in total. The molecule has 0 unspecified atom stereocenters. The molecule has 4 heteroatoms. The molecule has 1 aliphatic heterocycles. The second-order valence-electron chi connectivity index (χ2n) is 11.4. The molecule has 31 heavy (non-hydrogen) atoms. The lowest BCUT2D eigenvalue weighted by atomic mass is 9.48. The third-order valence-corrected chi connectivity index (χ3v) is 9.33. The van der Waals surface area contributed by atoms with Crippen LogP contribution < -0.4 is 0 Å². The molecular formula is C27H38O4. The second kappa shape index (κ2) is 7.05. The monoisotopic (exact) mass is 426 g/mol. The Morgan fingerprint density at radius 1 is 1.16 bits per heavy atom. The molecule has 5 aliphatic rings. The van der Waals surface area contributed by atoms with E-state index in [1.807, 2.05) is 13.8 Å². The fraction of sp³-hybridized carbons (Fsp3) is 0.741. The highest BCUT2D eigenvalue weighted by Gasteiger charge is 2.67. The Bertz CT molecular complexity index is 853. The summed E-state index contributed by atoms with van der Waals surface area (Å²) in [7, 11) is 0. The van der Waals surface area contributed by atoms with E-state index in [0.29, 0.717) is 30.3 Å². The summed E-state index contributed by atoms with van der Waals surface area (Å²) < 4.78 is 18.2. The largest absolute Gasteiger partial charge is 0.458 e. The summed E-state index contributed by atoms with van der Waals surface area (Å²) in [5, 5.41) is 0. The van der Waals surface area contributed by atoms with E-state index < -0.39 is 5.79 Å². The van der Waals surface area contributed by atoms with E-state index in [1.54, 1.807) is 0 Å². The maximum Gasteiger partial charge on any atom is 0.303 e. The first-order valence-electron chi connectivity index (χ1n) is 12.1. The minimum atomic E-state index is -0.575. The van der Waals surface area contributed by atoms with Crippen LogP contribution in [0, 0.1) is 29.1 Å². The first-order chi connectivity index (χ1) is 14.6. The average molecular weight is 427 g/mol. The van der Waals surface area contributed by atoms with Gasteiger partial charge in [-0.2, -0.15) is 0 Å². The van der Waals surface area contributed by atoms with Gasteiger partial charge in [0.15, 0.2) is 5.79 Å². The number of hydrogen-bond donors (Lipinski definition) is 0. The van der Waals surface area contributed by atoms with Gasteiger partial charge in [-0.1, -0.05) is 31.2 Å². The molecule has 0 aromatic carbocycles. The van der Waals surface area contributed by atoms with Crippen molar-refractivity contribution < 1.29 is 19.0 Å². The maximum absolute atomic E-state index is 11.4. The van der Waals surface area contributed by atoms with Gasteiger partial charge in [0.25, 0.3) is 0 Å². The zero-order valence-electron chi connectivity index (χ0n) is 19.7. The molecule has 0 aromatic heterocycles. The summed E-state index contributed by atoms with van der Waals surface area (Å²) in [5.74, 6) is 1.64. The number of rotatable bonds is 1. The molecule has 0 amide bonds. The van der Waals surface area contributed by atoms with Crippen LogP contribution in [-0.4, -0.2) is 30.1 Å². The van der Waals surface area contributed by atoms with Gasteiger partial charge in [0.2, 0.25) is 0 Å². The SMILES string of the molecule is C=C1C[C@@]2(C)[C@@H](CC[C@]23OC(C)(C)OCC3=C)[C@@H]2CCC3=C[C@@H](OC(C)=O)CC[C@@H]3[C@@H]12. The van der Waals surface area contributed by atoms with E-state index in [1.165, 1.54) is 30.9 Å². The molecule has 1 heterocycles. The van der Waals surface area contributed by atoms with E-state index >= 15 is 0 Å². The lowest BCUT2D eigenvalue weighted by Crippen LogP contribution is -2.60. The topological polar surface area (TPSA) is 44.8 Å². The number of carbonyl (C=O) groups excluding carboxylic acids is 1. The Balaban J connectivity index is 1.45. The molecule has 7 atom stereocenters. The van der Waals surface area contributed by atoms with Crippen molar-refractivity contribution in [3.05, 3.63) is 36.0 Å². The fourth-order valence-corrected chi connectivity index (χ4v) is 8.27. The van der Waals surface area contributed by atoms with Gasteiger partial charge < -0.3 is 14.2 Å². The third-order valence-electron chi connectivity index (χ3n) is 9.33. The van der Waals surface area contributed by atoms with Gasteiger partial charge in [0, 0.05) is 12.3 Å². The molecule has 3 saturated carbocycles. The van der Waals surface area contributed by atoms with Crippen molar-refractivity contribution in [1.29, 1.82) is 0 Å². The number of fused-ring (bicyclic) bond motifs is 6. The van der Waals surface area contributed by atoms with E-state index in [4.69, 9.17) is 14.2 Å². The third kappa shape index (κ3) is 3.12. The van der Waals surface area contributed by atoms with Crippen molar-refractivity contribution in [3.63, 3.8) is 0 Å². The summed E-state index contributed by atoms with van der Waals surface area (Å²) in [6.07, 6.45) is 9.80. The molecule has 1 spiro atoms. The molecule has 0 bridgehead atoms. The van der Waals surface area contributed by atoms with E-state index in [2.05, 4.69) is 26.2 Å². The summed E-state index contributed by atoms with van der Waals surface area (Å²) >= 11 is 0. The Morgan fingerprint density at radius 2 is 1.94 bits per heavy atom. The Labute approximate surface area is 187 Å². The normalized spacial score (nSPS) is 46.1. The van der Waals surface area contributed by atoms with E-state index in [-0.39, 0.29) is 23.1 Å². The molecule has 0 aromatic rings. The van der Waals surface area contributed by atoms with Gasteiger partial charge in [-0.25, -0.2) is 0 Å². The quantitative estimate of drug-likeness (QED) is 0.396. The number of carbonyl (C=O) groups is 1. The predicted octanol–water partition coefficient (Wildman–Crippen LogP) is 5.73. The van der Waals surface area contributed by atoms with Gasteiger partial charge in [-0.3, -0.25) is 4.79 Å². The van der Waals surface area contributed by atoms with Crippen molar-refractivity contribution in [2.45, 2.75) is 90.1 Å². The summed E-state index contributed by atoms with van der Waals surface area (Å²) in [5.41, 5.74) is 3.73. The van der Waals surface area contributed by atoms with E-state index in [0.717, 1.165) is 37.7 Å². The first kappa shape index (κ1) is 21.5. The minimum Gasteiger partial charge on any atom is -0.458 e. The highest BCUT2D eigenvalue weighted by molar-refractivity contribution is 5.66. The standard InChI is InChI=1S/C27H38O4/c1-16-14-26(6)23(11-12-27(26)17(2)15-29-25(4,5)31-27)22-9-7-19-13-20(30-18(3)28)8-10-21(19)24(16)22/h13,20-24H,1-2,7-12,14-15H2,3-6H3/t20-,21-,22-,23-,24+,26-,27+/m0/s1. The Hall–Kier alpha value is -1.39. The lowest BCUT2D eigenvalue weighted by Gasteiger charge is -2.60. The van der Waals surface area contributed by atoms with E-state index in [9.17, 15) is 4.79 Å². The van der Waals surface area contributed by atoms with Gasteiger partial charge in [0.1, 0.15) is 11.7 Å². The summed E-state index contributed by atoms with van der Waals surface area (Å²) in [6.45, 7) is 17.7. The molecule has 1 saturated heterocycles. The Morgan fingerprint density at radius 3 is 2.68 bits per heavy atom. The zero-order valence-corrected chi connectivity index (χ0v) is 19.7. The summed E-state index contributed by atoms with van der Waals surface area (Å²) in [6, 6.07) is 0. The highest BCUT2D eigenvalue weighted by Crippen LogP contribution is 2.69. The first-order valence-corrected chi connectivity index (χ1v) is 12.1. The van der Waals surface area contributed by atoms with Crippen LogP contribution in [0.1, 0.15) is 72.6 Å². The fourth-order valence-electron chi connectivity index (χ4n) is 8.27. The molecule has 170 valence electrons. The van der Waals surface area contributed by atoms with Crippen LogP contribution in [-0.2, 0) is 19.0 Å². The maximum atomic E-state index is 11.4. The van der Waals surface area contributed by atoms with Crippen molar-refractivity contribution in [1.82, 2.24) is 0 Å². The smallest absolute Gasteiger partial charge is 0.303 e. The van der Waals surface area contributed by atoms with Crippen molar-refractivity contribution in [2.24, 2.45) is 29.1 Å². The number of hydrogen-bond acceptors (Lipinski definition) is 4. The molecular weight excluding hydrogens is 388 g/mol. The van der Waals surface area contributed by atoms with Crippen LogP contribution in [0.4, 0.5) is 0 Å². The summed E-state index contributed by atoms with van der Waals surface area (Å²) in [4.78, 5) is 11.4. The zero-order chi connectivity index (χ0) is 22.2. The predicted molar refractivity (Wildman–Crippen MR) is 120 cm³/mol. The van der Waals surface area contributed by atoms with Crippen molar-refractivity contribution >= 4 is 5.97 Å². The van der Waals surface area contributed by atoms with Crippen molar-refractivity contribution in [3.8, 4) is 0 Å². The van der Waals surface area contributed by atoms with Gasteiger partial charge in [0.05, 0.1) is 6.61 Å². The lowest BCUT2D eigenvalue weighted by molar-refractivity contribution is -0.311. The number of esters is 1.